The lowest BCUT2D eigenvalue weighted by molar-refractivity contribution is 0.0402. The van der Waals surface area contributed by atoms with Crippen molar-refractivity contribution in [2.24, 2.45) is 0 Å². The Balaban J connectivity index is 1.69. The number of aromatic nitrogens is 2. The van der Waals surface area contributed by atoms with Crippen LogP contribution >= 0.6 is 0 Å². The van der Waals surface area contributed by atoms with Crippen molar-refractivity contribution >= 4 is 27.7 Å². The van der Waals surface area contributed by atoms with Crippen LogP contribution in [0.4, 0.5) is 0 Å². The molecule has 0 radical (unpaired) electrons. The molecule has 0 saturated heterocycles. The maximum atomic E-state index is 12.3. The highest BCUT2D eigenvalue weighted by Crippen LogP contribution is 2.32. The summed E-state index contributed by atoms with van der Waals surface area (Å²) in [5.41, 5.74) is 1.44. The largest absolute Gasteiger partial charge is 0.450 e. The molecule has 2 heterocycles. The van der Waals surface area contributed by atoms with Gasteiger partial charge in [-0.2, -0.15) is 0 Å². The maximum Gasteiger partial charge on any atom is 0.375 e. The first-order valence-corrected chi connectivity index (χ1v) is 7.50. The first-order chi connectivity index (χ1) is 11.6. The number of aryl methyl sites for hydroxylation is 2. The minimum atomic E-state index is -0.552. The van der Waals surface area contributed by atoms with E-state index in [0.29, 0.717) is 11.5 Å². The number of furan rings is 1. The third-order valence-electron chi connectivity index (χ3n) is 3.91. The average Bonchev–Trinajstić information content (AvgIpc) is 3.16. The van der Waals surface area contributed by atoms with E-state index in [0.717, 1.165) is 21.7 Å². The average molecular weight is 322 g/mol. The van der Waals surface area contributed by atoms with Crippen LogP contribution in [0.3, 0.4) is 0 Å². The lowest BCUT2D eigenvalue weighted by atomic mass is 10.1. The van der Waals surface area contributed by atoms with Gasteiger partial charge in [0.2, 0.25) is 11.7 Å². The topological polar surface area (TPSA) is 78.4 Å². The normalized spacial score (nSPS) is 11.2. The van der Waals surface area contributed by atoms with Crippen molar-refractivity contribution in [3.8, 4) is 0 Å². The van der Waals surface area contributed by atoms with Gasteiger partial charge in [0, 0.05) is 23.3 Å². The fraction of sp³-hybridized carbons (Fsp3) is 0.167. The summed E-state index contributed by atoms with van der Waals surface area (Å²) in [5, 5.41) is 10.4. The van der Waals surface area contributed by atoms with Gasteiger partial charge in [0.05, 0.1) is 0 Å². The molecule has 4 aromatic rings. The minimum Gasteiger partial charge on any atom is -0.450 e. The Morgan fingerprint density at radius 3 is 2.67 bits per heavy atom. The van der Waals surface area contributed by atoms with Crippen LogP contribution in [0.5, 0.6) is 0 Å². The van der Waals surface area contributed by atoms with Gasteiger partial charge in [-0.05, 0) is 12.3 Å². The molecule has 2 aromatic carbocycles. The van der Waals surface area contributed by atoms with E-state index in [1.807, 2.05) is 43.3 Å². The van der Waals surface area contributed by atoms with Crippen molar-refractivity contribution in [2.75, 3.05) is 0 Å². The number of benzene rings is 2. The third kappa shape index (κ3) is 2.32. The van der Waals surface area contributed by atoms with Crippen LogP contribution in [-0.2, 0) is 11.3 Å². The lowest BCUT2D eigenvalue weighted by Gasteiger charge is -1.99. The van der Waals surface area contributed by atoms with Gasteiger partial charge in [-0.15, -0.1) is 10.2 Å². The Bertz CT molecular complexity index is 1060. The summed E-state index contributed by atoms with van der Waals surface area (Å²) >= 11 is 0. The standard InChI is InChI=1S/C18H14N2O4/c1-10-13-8-7-12-5-3-4-6-14(12)17(13)24-16(10)18(21)22-9-15-20-19-11(2)23-15/h3-8H,9H2,1-2H3. The highest BCUT2D eigenvalue weighted by Gasteiger charge is 2.21. The Morgan fingerprint density at radius 1 is 1.04 bits per heavy atom. The molecule has 4 rings (SSSR count). The zero-order valence-electron chi connectivity index (χ0n) is 13.2. The fourth-order valence-corrected chi connectivity index (χ4v) is 2.73. The van der Waals surface area contributed by atoms with Crippen LogP contribution in [0.2, 0.25) is 0 Å². The second-order valence-electron chi connectivity index (χ2n) is 5.51. The number of hydrogen-bond donors (Lipinski definition) is 0. The Hall–Kier alpha value is -3.15. The van der Waals surface area contributed by atoms with Crippen LogP contribution in [0.15, 0.2) is 45.2 Å². The fourth-order valence-electron chi connectivity index (χ4n) is 2.73. The van der Waals surface area contributed by atoms with E-state index in [4.69, 9.17) is 13.6 Å². The van der Waals surface area contributed by atoms with Crippen molar-refractivity contribution in [1.29, 1.82) is 0 Å². The summed E-state index contributed by atoms with van der Waals surface area (Å²) in [6.45, 7) is 3.43. The number of fused-ring (bicyclic) bond motifs is 3. The summed E-state index contributed by atoms with van der Waals surface area (Å²) in [6, 6.07) is 11.8. The summed E-state index contributed by atoms with van der Waals surface area (Å²) < 4.78 is 16.2. The van der Waals surface area contributed by atoms with Crippen LogP contribution in [0.25, 0.3) is 21.7 Å². The number of nitrogens with zero attached hydrogens (tertiary/aromatic N) is 2. The molecule has 6 nitrogen and oxygen atoms in total. The first kappa shape index (κ1) is 14.4. The zero-order chi connectivity index (χ0) is 16.7. The molecule has 0 atom stereocenters. The molecule has 0 unspecified atom stereocenters. The number of ether oxygens (including phenoxy) is 1. The van der Waals surface area contributed by atoms with Crippen LogP contribution in [0.1, 0.15) is 27.9 Å². The monoisotopic (exact) mass is 322 g/mol. The molecule has 0 aliphatic heterocycles. The van der Waals surface area contributed by atoms with Gasteiger partial charge in [-0.1, -0.05) is 36.4 Å². The molecule has 0 fully saturated rings. The van der Waals surface area contributed by atoms with Crippen molar-refractivity contribution in [3.05, 3.63) is 59.5 Å². The lowest BCUT2D eigenvalue weighted by Crippen LogP contribution is -2.05. The zero-order valence-corrected chi connectivity index (χ0v) is 13.2. The van der Waals surface area contributed by atoms with Gasteiger partial charge in [-0.25, -0.2) is 4.79 Å². The molecule has 0 amide bonds. The Kier molecular flexibility index (Phi) is 3.30. The molecule has 0 spiro atoms. The van der Waals surface area contributed by atoms with E-state index in [9.17, 15) is 4.79 Å². The first-order valence-electron chi connectivity index (χ1n) is 7.50. The molecular formula is C18H14N2O4. The number of carbonyl (C=O) groups excluding carboxylic acids is 1. The van der Waals surface area contributed by atoms with Gasteiger partial charge in [0.15, 0.2) is 6.61 Å². The Labute approximate surface area is 137 Å². The molecule has 0 aliphatic carbocycles. The number of carbonyl (C=O) groups is 1. The predicted octanol–water partition coefficient (Wildman–Crippen LogP) is 3.94. The van der Waals surface area contributed by atoms with Gasteiger partial charge in [0.25, 0.3) is 5.89 Å². The maximum absolute atomic E-state index is 12.3. The van der Waals surface area contributed by atoms with E-state index < -0.39 is 5.97 Å². The molecule has 120 valence electrons. The van der Waals surface area contributed by atoms with Crippen molar-refractivity contribution in [2.45, 2.75) is 20.5 Å². The van der Waals surface area contributed by atoms with E-state index in [1.54, 1.807) is 6.92 Å². The van der Waals surface area contributed by atoms with Crippen LogP contribution in [0, 0.1) is 13.8 Å². The predicted molar refractivity (Wildman–Crippen MR) is 86.6 cm³/mol. The molecule has 0 saturated carbocycles. The SMILES string of the molecule is Cc1nnc(COC(=O)c2oc3c(ccc4ccccc43)c2C)o1. The van der Waals surface area contributed by atoms with Gasteiger partial charge >= 0.3 is 5.97 Å². The molecule has 6 heteroatoms. The molecule has 0 N–H and O–H groups in total. The number of rotatable bonds is 3. The molecule has 0 bridgehead atoms. The quantitative estimate of drug-likeness (QED) is 0.532. The molecule has 24 heavy (non-hydrogen) atoms. The third-order valence-corrected chi connectivity index (χ3v) is 3.91. The number of hydrogen-bond acceptors (Lipinski definition) is 6. The van der Waals surface area contributed by atoms with Crippen LogP contribution < -0.4 is 0 Å². The van der Waals surface area contributed by atoms with Gasteiger partial charge in [-0.3, -0.25) is 0 Å². The second kappa shape index (κ2) is 5.49. The van der Waals surface area contributed by atoms with Gasteiger partial charge < -0.3 is 13.6 Å². The highest BCUT2D eigenvalue weighted by atomic mass is 16.6. The van der Waals surface area contributed by atoms with E-state index in [1.165, 1.54) is 0 Å². The van der Waals surface area contributed by atoms with E-state index in [-0.39, 0.29) is 18.3 Å². The molecule has 2 aromatic heterocycles. The van der Waals surface area contributed by atoms with Gasteiger partial charge in [0.1, 0.15) is 5.58 Å². The minimum absolute atomic E-state index is 0.0864. The highest BCUT2D eigenvalue weighted by molar-refractivity contribution is 6.08. The molecule has 0 aliphatic rings. The molecular weight excluding hydrogens is 308 g/mol. The second-order valence-corrected chi connectivity index (χ2v) is 5.51. The summed E-state index contributed by atoms with van der Waals surface area (Å²) in [7, 11) is 0. The smallest absolute Gasteiger partial charge is 0.375 e. The van der Waals surface area contributed by atoms with Crippen molar-refractivity contribution in [1.82, 2.24) is 10.2 Å². The van der Waals surface area contributed by atoms with E-state index in [2.05, 4.69) is 10.2 Å². The Morgan fingerprint density at radius 2 is 1.88 bits per heavy atom. The van der Waals surface area contributed by atoms with Crippen molar-refractivity contribution in [3.63, 3.8) is 0 Å². The van der Waals surface area contributed by atoms with E-state index >= 15 is 0 Å². The summed E-state index contributed by atoms with van der Waals surface area (Å²) in [5.74, 6) is 0.314. The summed E-state index contributed by atoms with van der Waals surface area (Å²) in [6.07, 6.45) is 0. The summed E-state index contributed by atoms with van der Waals surface area (Å²) in [4.78, 5) is 12.3. The van der Waals surface area contributed by atoms with Crippen LogP contribution in [-0.4, -0.2) is 16.2 Å². The number of esters is 1. The van der Waals surface area contributed by atoms with Crippen molar-refractivity contribution < 1.29 is 18.4 Å².